The molecule has 0 aliphatic carbocycles. The van der Waals surface area contributed by atoms with E-state index >= 15 is 0 Å². The zero-order valence-electron chi connectivity index (χ0n) is 14.3. The summed E-state index contributed by atoms with van der Waals surface area (Å²) in [7, 11) is 2.02. The first-order valence-corrected chi connectivity index (χ1v) is 7.85. The number of carbonyl (C=O) groups excluding carboxylic acids is 1. The van der Waals surface area contributed by atoms with E-state index in [0.717, 1.165) is 17.9 Å². The molecular formula is C19H25N3O. The highest BCUT2D eigenvalue weighted by Gasteiger charge is 2.21. The molecule has 23 heavy (non-hydrogen) atoms. The van der Waals surface area contributed by atoms with Gasteiger partial charge >= 0.3 is 0 Å². The largest absolute Gasteiger partial charge is 0.355 e. The molecule has 1 aromatic carbocycles. The third-order valence-corrected chi connectivity index (χ3v) is 3.61. The summed E-state index contributed by atoms with van der Waals surface area (Å²) >= 11 is 0. The predicted molar refractivity (Wildman–Crippen MR) is 94.1 cm³/mol. The second kappa shape index (κ2) is 7.27. The molecular weight excluding hydrogens is 286 g/mol. The van der Waals surface area contributed by atoms with E-state index in [2.05, 4.69) is 27.3 Å². The van der Waals surface area contributed by atoms with Crippen LogP contribution in [0.5, 0.6) is 0 Å². The molecule has 0 saturated heterocycles. The van der Waals surface area contributed by atoms with E-state index in [0.29, 0.717) is 6.54 Å². The normalized spacial score (nSPS) is 11.1. The fourth-order valence-electron chi connectivity index (χ4n) is 2.28. The van der Waals surface area contributed by atoms with Gasteiger partial charge in [-0.05, 0) is 11.6 Å². The van der Waals surface area contributed by atoms with Crippen LogP contribution in [0.4, 0.5) is 5.82 Å². The van der Waals surface area contributed by atoms with E-state index in [1.165, 1.54) is 5.56 Å². The van der Waals surface area contributed by atoms with Gasteiger partial charge in [0.1, 0.15) is 5.82 Å². The highest BCUT2D eigenvalue weighted by atomic mass is 16.2. The number of rotatable bonds is 5. The van der Waals surface area contributed by atoms with E-state index in [4.69, 9.17) is 0 Å². The minimum absolute atomic E-state index is 0.0398. The molecule has 0 saturated carbocycles. The van der Waals surface area contributed by atoms with Gasteiger partial charge in [0, 0.05) is 37.3 Å². The van der Waals surface area contributed by atoms with Crippen molar-refractivity contribution in [1.82, 2.24) is 10.3 Å². The summed E-state index contributed by atoms with van der Waals surface area (Å²) in [5.74, 6) is 0.934. The Morgan fingerprint density at radius 3 is 2.48 bits per heavy atom. The molecule has 0 atom stereocenters. The zero-order chi connectivity index (χ0) is 16.9. The average molecular weight is 311 g/mol. The molecule has 2 aromatic rings. The number of amides is 1. The first-order chi connectivity index (χ1) is 10.9. The third-order valence-electron chi connectivity index (χ3n) is 3.61. The van der Waals surface area contributed by atoms with Crippen molar-refractivity contribution in [1.29, 1.82) is 0 Å². The summed E-state index contributed by atoms with van der Waals surface area (Å²) in [6.07, 6.45) is 1.78. The molecule has 0 aliphatic heterocycles. The summed E-state index contributed by atoms with van der Waals surface area (Å²) in [4.78, 5) is 18.7. The van der Waals surface area contributed by atoms with Crippen LogP contribution in [-0.2, 0) is 17.9 Å². The standard InChI is InChI=1S/C19H25N3O/c1-19(2,3)18(23)21-13-16-11-8-12-20-17(16)22(4)14-15-9-6-5-7-10-15/h5-12H,13-14H2,1-4H3,(H,21,23). The minimum atomic E-state index is -0.391. The van der Waals surface area contributed by atoms with E-state index in [-0.39, 0.29) is 5.91 Å². The average Bonchev–Trinajstić information content (AvgIpc) is 2.53. The number of benzene rings is 1. The number of aromatic nitrogens is 1. The summed E-state index contributed by atoms with van der Waals surface area (Å²) < 4.78 is 0. The SMILES string of the molecule is CN(Cc1ccccc1)c1ncccc1CNC(=O)C(C)(C)C. The van der Waals surface area contributed by atoms with Gasteiger partial charge in [-0.3, -0.25) is 4.79 Å². The van der Waals surface area contributed by atoms with Gasteiger partial charge in [-0.15, -0.1) is 0 Å². The Morgan fingerprint density at radius 1 is 1.13 bits per heavy atom. The molecule has 0 aliphatic rings. The first-order valence-electron chi connectivity index (χ1n) is 7.85. The fraction of sp³-hybridized carbons (Fsp3) is 0.368. The summed E-state index contributed by atoms with van der Waals surface area (Å²) in [5.41, 5.74) is 1.85. The van der Waals surface area contributed by atoms with Crippen LogP contribution in [0, 0.1) is 5.41 Å². The number of nitrogens with zero attached hydrogens (tertiary/aromatic N) is 2. The summed E-state index contributed by atoms with van der Waals surface area (Å²) in [6.45, 7) is 6.99. The molecule has 2 rings (SSSR count). The van der Waals surface area contributed by atoms with Crippen LogP contribution in [-0.4, -0.2) is 17.9 Å². The van der Waals surface area contributed by atoms with Gasteiger partial charge in [0.05, 0.1) is 0 Å². The maximum atomic E-state index is 12.1. The lowest BCUT2D eigenvalue weighted by atomic mass is 9.95. The number of hydrogen-bond acceptors (Lipinski definition) is 3. The minimum Gasteiger partial charge on any atom is -0.355 e. The summed E-state index contributed by atoms with van der Waals surface area (Å²) in [5, 5.41) is 2.99. The van der Waals surface area contributed by atoms with Crippen molar-refractivity contribution in [2.24, 2.45) is 5.41 Å². The maximum Gasteiger partial charge on any atom is 0.225 e. The quantitative estimate of drug-likeness (QED) is 0.920. The van der Waals surface area contributed by atoms with Crippen LogP contribution in [0.2, 0.25) is 0 Å². The van der Waals surface area contributed by atoms with Gasteiger partial charge in [0.25, 0.3) is 0 Å². The van der Waals surface area contributed by atoms with Crippen LogP contribution in [0.3, 0.4) is 0 Å². The molecule has 0 spiro atoms. The first kappa shape index (κ1) is 17.0. The molecule has 0 bridgehead atoms. The van der Waals surface area contributed by atoms with Gasteiger partial charge in [-0.1, -0.05) is 57.2 Å². The molecule has 122 valence electrons. The van der Waals surface area contributed by atoms with Gasteiger partial charge in [-0.25, -0.2) is 4.98 Å². The molecule has 0 fully saturated rings. The number of pyridine rings is 1. The van der Waals surface area contributed by atoms with Crippen molar-refractivity contribution in [3.8, 4) is 0 Å². The molecule has 1 aromatic heterocycles. The predicted octanol–water partition coefficient (Wildman–Crippen LogP) is 3.38. The summed E-state index contributed by atoms with van der Waals surface area (Å²) in [6, 6.07) is 14.2. The lowest BCUT2D eigenvalue weighted by Gasteiger charge is -2.23. The van der Waals surface area contributed by atoms with Crippen molar-refractivity contribution < 1.29 is 4.79 Å². The van der Waals surface area contributed by atoms with Crippen molar-refractivity contribution in [3.05, 3.63) is 59.8 Å². The molecule has 0 unspecified atom stereocenters. The second-order valence-electron chi connectivity index (χ2n) is 6.76. The highest BCUT2D eigenvalue weighted by molar-refractivity contribution is 5.81. The Hall–Kier alpha value is -2.36. The third kappa shape index (κ3) is 4.81. The van der Waals surface area contributed by atoms with E-state index < -0.39 is 5.41 Å². The zero-order valence-corrected chi connectivity index (χ0v) is 14.3. The number of carbonyl (C=O) groups is 1. The number of anilines is 1. The van der Waals surface area contributed by atoms with Crippen LogP contribution in [0.15, 0.2) is 48.7 Å². The molecule has 4 heteroatoms. The van der Waals surface area contributed by atoms with Gasteiger partial charge in [0.15, 0.2) is 0 Å². The number of hydrogen-bond donors (Lipinski definition) is 1. The lowest BCUT2D eigenvalue weighted by Crippen LogP contribution is -2.34. The molecule has 1 heterocycles. The van der Waals surface area contributed by atoms with E-state index in [1.54, 1.807) is 6.20 Å². The van der Waals surface area contributed by atoms with Crippen molar-refractivity contribution >= 4 is 11.7 Å². The fourth-order valence-corrected chi connectivity index (χ4v) is 2.28. The van der Waals surface area contributed by atoms with Crippen LogP contribution >= 0.6 is 0 Å². The Balaban J connectivity index is 2.09. The topological polar surface area (TPSA) is 45.2 Å². The Bertz CT molecular complexity index is 647. The van der Waals surface area contributed by atoms with Crippen molar-refractivity contribution in [3.63, 3.8) is 0 Å². The lowest BCUT2D eigenvalue weighted by molar-refractivity contribution is -0.128. The Labute approximate surface area is 138 Å². The van der Waals surface area contributed by atoms with Crippen LogP contribution in [0.25, 0.3) is 0 Å². The molecule has 0 radical (unpaired) electrons. The highest BCUT2D eigenvalue weighted by Crippen LogP contribution is 2.19. The van der Waals surface area contributed by atoms with Crippen molar-refractivity contribution in [2.75, 3.05) is 11.9 Å². The van der Waals surface area contributed by atoms with Crippen LogP contribution < -0.4 is 10.2 Å². The van der Waals surface area contributed by atoms with Gasteiger partial charge in [-0.2, -0.15) is 0 Å². The maximum absolute atomic E-state index is 12.1. The smallest absolute Gasteiger partial charge is 0.225 e. The Kier molecular flexibility index (Phi) is 5.37. The number of nitrogens with one attached hydrogen (secondary N) is 1. The van der Waals surface area contributed by atoms with Crippen molar-refractivity contribution in [2.45, 2.75) is 33.9 Å². The monoisotopic (exact) mass is 311 g/mol. The second-order valence-corrected chi connectivity index (χ2v) is 6.76. The Morgan fingerprint density at radius 2 is 1.83 bits per heavy atom. The van der Waals surface area contributed by atoms with Gasteiger partial charge in [0.2, 0.25) is 5.91 Å². The molecule has 1 amide bonds. The molecule has 4 nitrogen and oxygen atoms in total. The van der Waals surface area contributed by atoms with E-state index in [1.807, 2.05) is 58.2 Å². The van der Waals surface area contributed by atoms with E-state index in [9.17, 15) is 4.79 Å². The van der Waals surface area contributed by atoms with Gasteiger partial charge < -0.3 is 10.2 Å². The van der Waals surface area contributed by atoms with Crippen LogP contribution in [0.1, 0.15) is 31.9 Å². The molecule has 1 N–H and O–H groups in total.